The lowest BCUT2D eigenvalue weighted by Gasteiger charge is -2.11. The van der Waals surface area contributed by atoms with Gasteiger partial charge in [-0.05, 0) is 41.8 Å². The topological polar surface area (TPSA) is 81.5 Å². The van der Waals surface area contributed by atoms with Crippen LogP contribution in [0.25, 0.3) is 11.6 Å². The predicted molar refractivity (Wildman–Crippen MR) is 122 cm³/mol. The number of ether oxygens (including phenoxy) is 1. The van der Waals surface area contributed by atoms with Crippen LogP contribution in [0.3, 0.4) is 0 Å². The molecule has 3 rings (SSSR count). The van der Waals surface area contributed by atoms with Gasteiger partial charge in [-0.25, -0.2) is 0 Å². The second-order valence-corrected chi connectivity index (χ2v) is 7.20. The van der Waals surface area contributed by atoms with E-state index in [2.05, 4.69) is 5.32 Å². The van der Waals surface area contributed by atoms with E-state index in [1.807, 2.05) is 49.4 Å². The van der Waals surface area contributed by atoms with Crippen molar-refractivity contribution in [2.45, 2.75) is 6.92 Å². The van der Waals surface area contributed by atoms with Crippen LogP contribution in [0.15, 0.2) is 72.8 Å². The van der Waals surface area contributed by atoms with E-state index < -0.39 is 4.92 Å². The third-order valence-corrected chi connectivity index (χ3v) is 4.93. The van der Waals surface area contributed by atoms with E-state index in [1.165, 1.54) is 12.1 Å². The molecule has 0 aliphatic heterocycles. The molecule has 0 unspecified atom stereocenters. The number of nitro groups is 1. The number of carbonyl (C=O) groups excluding carboxylic acids is 1. The smallest absolute Gasteiger partial charge is 0.270 e. The van der Waals surface area contributed by atoms with Crippen LogP contribution in [-0.4, -0.2) is 24.0 Å². The van der Waals surface area contributed by atoms with Gasteiger partial charge in [0.05, 0.1) is 11.5 Å². The zero-order valence-corrected chi connectivity index (χ0v) is 17.6. The van der Waals surface area contributed by atoms with Crippen molar-refractivity contribution in [3.8, 4) is 5.75 Å². The summed E-state index contributed by atoms with van der Waals surface area (Å²) in [6.45, 7) is 2.46. The summed E-state index contributed by atoms with van der Waals surface area (Å²) in [6, 6.07) is 20.7. The van der Waals surface area contributed by atoms with Crippen LogP contribution in [0.4, 0.5) is 5.69 Å². The van der Waals surface area contributed by atoms with Gasteiger partial charge in [-0.2, -0.15) is 0 Å². The molecule has 7 heteroatoms. The molecule has 0 aliphatic rings. The first kappa shape index (κ1) is 22.1. The van der Waals surface area contributed by atoms with Crippen LogP contribution in [-0.2, 0) is 4.79 Å². The quantitative estimate of drug-likeness (QED) is 0.171. The van der Waals surface area contributed by atoms with Crippen LogP contribution in [0.2, 0.25) is 5.02 Å². The third kappa shape index (κ3) is 6.17. The number of nitro benzene ring substituents is 1. The van der Waals surface area contributed by atoms with E-state index >= 15 is 0 Å². The van der Waals surface area contributed by atoms with Gasteiger partial charge in [0, 0.05) is 22.7 Å². The first-order valence-corrected chi connectivity index (χ1v) is 10.0. The molecule has 1 amide bonds. The summed E-state index contributed by atoms with van der Waals surface area (Å²) in [6.07, 6.45) is 1.64. The molecule has 1 N–H and O–H groups in total. The summed E-state index contributed by atoms with van der Waals surface area (Å²) in [5.41, 5.74) is 2.60. The van der Waals surface area contributed by atoms with E-state index in [-0.39, 0.29) is 24.7 Å². The van der Waals surface area contributed by atoms with Crippen molar-refractivity contribution in [2.24, 2.45) is 0 Å². The van der Waals surface area contributed by atoms with Gasteiger partial charge in [-0.15, -0.1) is 0 Å². The van der Waals surface area contributed by atoms with E-state index in [4.69, 9.17) is 16.3 Å². The average molecular weight is 437 g/mol. The number of carbonyl (C=O) groups is 1. The molecular formula is C24H21ClN2O4. The second kappa shape index (κ2) is 10.4. The number of rotatable bonds is 8. The zero-order valence-electron chi connectivity index (χ0n) is 16.9. The Bertz CT molecular complexity index is 1110. The summed E-state index contributed by atoms with van der Waals surface area (Å²) in [5, 5.41) is 14.5. The molecule has 0 aliphatic carbocycles. The molecule has 3 aromatic rings. The lowest BCUT2D eigenvalue weighted by molar-refractivity contribution is -0.384. The molecule has 158 valence electrons. The Labute approximate surface area is 185 Å². The van der Waals surface area contributed by atoms with Crippen molar-refractivity contribution in [1.29, 1.82) is 0 Å². The fraction of sp³-hybridized carbons (Fsp3) is 0.125. The highest BCUT2D eigenvalue weighted by Crippen LogP contribution is 2.22. The number of halogens is 1. The molecule has 0 bridgehead atoms. The number of hydrogen-bond acceptors (Lipinski definition) is 4. The number of aryl methyl sites for hydroxylation is 1. The standard InChI is InChI=1S/C24H21ClN2O4/c1-17-10-11-21(16-23(17)25)31-13-12-26-24(28)22(19-7-3-2-4-8-19)15-18-6-5-9-20(14-18)27(29)30/h2-11,14-16H,12-13H2,1H3,(H,26,28)/b22-15+. The largest absolute Gasteiger partial charge is 0.492 e. The zero-order chi connectivity index (χ0) is 22.2. The maximum Gasteiger partial charge on any atom is 0.270 e. The molecular weight excluding hydrogens is 416 g/mol. The lowest BCUT2D eigenvalue weighted by Crippen LogP contribution is -2.28. The molecule has 0 saturated heterocycles. The molecule has 0 spiro atoms. The monoisotopic (exact) mass is 436 g/mol. The Hall–Kier alpha value is -3.64. The fourth-order valence-electron chi connectivity index (χ4n) is 2.88. The maximum absolute atomic E-state index is 12.9. The molecule has 0 saturated carbocycles. The molecule has 6 nitrogen and oxygen atoms in total. The minimum absolute atomic E-state index is 0.0354. The highest BCUT2D eigenvalue weighted by Gasteiger charge is 2.13. The SMILES string of the molecule is Cc1ccc(OCCNC(=O)/C(=C/c2cccc([N+](=O)[O-])c2)c2ccccc2)cc1Cl. The average Bonchev–Trinajstić information content (AvgIpc) is 2.78. The number of non-ortho nitro benzene ring substituents is 1. The van der Waals surface area contributed by atoms with Crippen molar-refractivity contribution >= 4 is 34.8 Å². The van der Waals surface area contributed by atoms with Gasteiger partial charge in [0.2, 0.25) is 0 Å². The molecule has 31 heavy (non-hydrogen) atoms. The van der Waals surface area contributed by atoms with Crippen LogP contribution < -0.4 is 10.1 Å². The molecule has 3 aromatic carbocycles. The minimum Gasteiger partial charge on any atom is -0.492 e. The highest BCUT2D eigenvalue weighted by molar-refractivity contribution is 6.31. The van der Waals surface area contributed by atoms with E-state index in [0.717, 1.165) is 5.56 Å². The number of benzene rings is 3. The van der Waals surface area contributed by atoms with Gasteiger partial charge in [0.15, 0.2) is 0 Å². The number of nitrogens with one attached hydrogen (secondary N) is 1. The Morgan fingerprint density at radius 1 is 1.10 bits per heavy atom. The normalized spacial score (nSPS) is 11.1. The molecule has 0 fully saturated rings. The van der Waals surface area contributed by atoms with E-state index in [9.17, 15) is 14.9 Å². The van der Waals surface area contributed by atoms with Crippen LogP contribution in [0, 0.1) is 17.0 Å². The lowest BCUT2D eigenvalue weighted by atomic mass is 10.0. The Morgan fingerprint density at radius 3 is 2.58 bits per heavy atom. The van der Waals surface area contributed by atoms with Gasteiger partial charge in [-0.3, -0.25) is 14.9 Å². The Kier molecular flexibility index (Phi) is 7.40. The van der Waals surface area contributed by atoms with Crippen molar-refractivity contribution in [3.05, 3.63) is 105 Å². The van der Waals surface area contributed by atoms with Gasteiger partial charge < -0.3 is 10.1 Å². The summed E-state index contributed by atoms with van der Waals surface area (Å²) in [4.78, 5) is 23.5. The second-order valence-electron chi connectivity index (χ2n) is 6.79. The van der Waals surface area contributed by atoms with Crippen LogP contribution >= 0.6 is 11.6 Å². The first-order chi connectivity index (χ1) is 14.9. The first-order valence-electron chi connectivity index (χ1n) is 9.63. The number of hydrogen-bond donors (Lipinski definition) is 1. The Morgan fingerprint density at radius 2 is 1.87 bits per heavy atom. The summed E-state index contributed by atoms with van der Waals surface area (Å²) >= 11 is 6.09. The van der Waals surface area contributed by atoms with Crippen molar-refractivity contribution in [3.63, 3.8) is 0 Å². The summed E-state index contributed by atoms with van der Waals surface area (Å²) in [7, 11) is 0. The molecule has 0 radical (unpaired) electrons. The van der Waals surface area contributed by atoms with Crippen LogP contribution in [0.5, 0.6) is 5.75 Å². The maximum atomic E-state index is 12.9. The van der Waals surface area contributed by atoms with Crippen LogP contribution in [0.1, 0.15) is 16.7 Å². The third-order valence-electron chi connectivity index (χ3n) is 4.52. The fourth-order valence-corrected chi connectivity index (χ4v) is 3.06. The Balaban J connectivity index is 1.72. The van der Waals surface area contributed by atoms with Gasteiger partial charge in [-0.1, -0.05) is 60.1 Å². The molecule has 0 atom stereocenters. The van der Waals surface area contributed by atoms with E-state index in [1.54, 1.807) is 24.3 Å². The molecule has 0 heterocycles. The van der Waals surface area contributed by atoms with Gasteiger partial charge >= 0.3 is 0 Å². The number of nitrogens with zero attached hydrogens (tertiary/aromatic N) is 1. The predicted octanol–water partition coefficient (Wildman–Crippen LogP) is 5.29. The van der Waals surface area contributed by atoms with E-state index in [0.29, 0.717) is 27.5 Å². The molecule has 0 aromatic heterocycles. The summed E-state index contributed by atoms with van der Waals surface area (Å²) < 4.78 is 5.64. The minimum atomic E-state index is -0.464. The van der Waals surface area contributed by atoms with Crippen molar-refractivity contribution in [2.75, 3.05) is 13.2 Å². The van der Waals surface area contributed by atoms with Gasteiger partial charge in [0.25, 0.3) is 11.6 Å². The summed E-state index contributed by atoms with van der Waals surface area (Å²) in [5.74, 6) is 0.323. The highest BCUT2D eigenvalue weighted by atomic mass is 35.5. The van der Waals surface area contributed by atoms with Crippen molar-refractivity contribution < 1.29 is 14.5 Å². The van der Waals surface area contributed by atoms with Gasteiger partial charge in [0.1, 0.15) is 12.4 Å². The number of amides is 1. The van der Waals surface area contributed by atoms with Crippen molar-refractivity contribution in [1.82, 2.24) is 5.32 Å².